The largest absolute Gasteiger partial charge is 0.493 e. The number of nitrogens with one attached hydrogen (secondary N) is 1. The van der Waals surface area contributed by atoms with Gasteiger partial charge in [-0.15, -0.1) is 0 Å². The first kappa shape index (κ1) is 15.6. The Morgan fingerprint density at radius 1 is 1.38 bits per heavy atom. The normalized spacial score (nSPS) is 21.7. The number of methoxy groups -OCH3 is 1. The van der Waals surface area contributed by atoms with Crippen molar-refractivity contribution in [3.8, 4) is 11.5 Å². The van der Waals surface area contributed by atoms with Gasteiger partial charge in [0, 0.05) is 23.7 Å². The highest BCUT2D eigenvalue weighted by Gasteiger charge is 2.25. The Morgan fingerprint density at radius 3 is 2.86 bits per heavy atom. The first-order valence-electron chi connectivity index (χ1n) is 7.51. The van der Waals surface area contributed by atoms with Crippen LogP contribution in [0, 0.1) is 5.92 Å². The monoisotopic (exact) mass is 292 g/mol. The van der Waals surface area contributed by atoms with Crippen molar-refractivity contribution in [1.29, 1.82) is 0 Å². The lowest BCUT2D eigenvalue weighted by Crippen LogP contribution is -2.34. The molecular formula is C16H24N2O3. The van der Waals surface area contributed by atoms with Crippen LogP contribution in [0.3, 0.4) is 0 Å². The lowest BCUT2D eigenvalue weighted by Gasteiger charge is -2.25. The summed E-state index contributed by atoms with van der Waals surface area (Å²) in [7, 11) is 1.59. The molecule has 2 unspecified atom stereocenters. The van der Waals surface area contributed by atoms with Crippen molar-refractivity contribution >= 4 is 11.6 Å². The van der Waals surface area contributed by atoms with Crippen LogP contribution in [0.1, 0.15) is 32.6 Å². The first-order valence-corrected chi connectivity index (χ1v) is 7.51. The number of carbonyl (C=O) groups is 1. The van der Waals surface area contributed by atoms with Crippen molar-refractivity contribution in [3.63, 3.8) is 0 Å². The van der Waals surface area contributed by atoms with E-state index in [4.69, 9.17) is 15.2 Å². The van der Waals surface area contributed by atoms with E-state index in [1.807, 2.05) is 19.1 Å². The van der Waals surface area contributed by atoms with E-state index in [9.17, 15) is 4.79 Å². The van der Waals surface area contributed by atoms with Gasteiger partial charge < -0.3 is 20.5 Å². The predicted octanol–water partition coefficient (Wildman–Crippen LogP) is 2.55. The Bertz CT molecular complexity index is 490. The number of hydrogen-bond acceptors (Lipinski definition) is 4. The molecule has 0 saturated heterocycles. The number of ether oxygens (including phenoxy) is 2. The Kier molecular flexibility index (Phi) is 5.44. The van der Waals surface area contributed by atoms with Gasteiger partial charge >= 0.3 is 0 Å². The van der Waals surface area contributed by atoms with Gasteiger partial charge in [-0.05, 0) is 38.3 Å². The van der Waals surface area contributed by atoms with E-state index in [1.165, 1.54) is 0 Å². The third-order valence-corrected chi connectivity index (χ3v) is 3.82. The van der Waals surface area contributed by atoms with Crippen molar-refractivity contribution in [3.05, 3.63) is 18.2 Å². The molecule has 5 heteroatoms. The molecule has 0 aromatic heterocycles. The van der Waals surface area contributed by atoms with E-state index in [0.717, 1.165) is 31.4 Å². The fourth-order valence-corrected chi connectivity index (χ4v) is 2.73. The second-order valence-electron chi connectivity index (χ2n) is 5.41. The molecule has 0 heterocycles. The van der Waals surface area contributed by atoms with Crippen molar-refractivity contribution in [1.82, 2.24) is 0 Å². The molecule has 0 aliphatic heterocycles. The van der Waals surface area contributed by atoms with Crippen LogP contribution in [-0.4, -0.2) is 25.7 Å². The molecule has 0 spiro atoms. The molecule has 1 aromatic rings. The molecule has 2 rings (SSSR count). The van der Waals surface area contributed by atoms with Crippen LogP contribution in [0.4, 0.5) is 5.69 Å². The summed E-state index contributed by atoms with van der Waals surface area (Å²) >= 11 is 0. The topological polar surface area (TPSA) is 73.6 Å². The summed E-state index contributed by atoms with van der Waals surface area (Å²) in [5, 5.41) is 2.95. The van der Waals surface area contributed by atoms with Crippen molar-refractivity contribution in [2.45, 2.75) is 38.6 Å². The SMILES string of the molecule is CCOc1ccc(NC(=O)C2CCCC(N)C2)cc1OC. The lowest BCUT2D eigenvalue weighted by atomic mass is 9.85. The fourth-order valence-electron chi connectivity index (χ4n) is 2.73. The second-order valence-corrected chi connectivity index (χ2v) is 5.41. The molecule has 0 bridgehead atoms. The highest BCUT2D eigenvalue weighted by Crippen LogP contribution is 2.31. The number of amides is 1. The Morgan fingerprint density at radius 2 is 2.19 bits per heavy atom. The molecule has 1 saturated carbocycles. The van der Waals surface area contributed by atoms with Gasteiger partial charge in [0.1, 0.15) is 0 Å². The number of anilines is 1. The zero-order valence-electron chi connectivity index (χ0n) is 12.7. The molecule has 116 valence electrons. The zero-order chi connectivity index (χ0) is 15.2. The molecular weight excluding hydrogens is 268 g/mol. The van der Waals surface area contributed by atoms with Gasteiger partial charge in [-0.1, -0.05) is 6.42 Å². The van der Waals surface area contributed by atoms with Crippen molar-refractivity contribution in [2.24, 2.45) is 11.7 Å². The third-order valence-electron chi connectivity index (χ3n) is 3.82. The quantitative estimate of drug-likeness (QED) is 0.874. The van der Waals surface area contributed by atoms with Crippen LogP contribution >= 0.6 is 0 Å². The minimum Gasteiger partial charge on any atom is -0.493 e. The third kappa shape index (κ3) is 4.11. The Hall–Kier alpha value is -1.75. The summed E-state index contributed by atoms with van der Waals surface area (Å²) in [6.07, 6.45) is 3.71. The average Bonchev–Trinajstić information content (AvgIpc) is 2.49. The molecule has 2 atom stereocenters. The van der Waals surface area contributed by atoms with E-state index in [2.05, 4.69) is 5.32 Å². The highest BCUT2D eigenvalue weighted by atomic mass is 16.5. The number of nitrogens with two attached hydrogens (primary N) is 1. The van der Waals surface area contributed by atoms with Crippen LogP contribution in [-0.2, 0) is 4.79 Å². The van der Waals surface area contributed by atoms with Crippen LogP contribution in [0.15, 0.2) is 18.2 Å². The van der Waals surface area contributed by atoms with Crippen LogP contribution < -0.4 is 20.5 Å². The summed E-state index contributed by atoms with van der Waals surface area (Å²) in [5.74, 6) is 1.34. The van der Waals surface area contributed by atoms with Crippen molar-refractivity contribution < 1.29 is 14.3 Å². The van der Waals surface area contributed by atoms with Crippen LogP contribution in [0.2, 0.25) is 0 Å². The average molecular weight is 292 g/mol. The summed E-state index contributed by atoms with van der Waals surface area (Å²) in [6.45, 7) is 2.49. The summed E-state index contributed by atoms with van der Waals surface area (Å²) in [6, 6.07) is 5.56. The molecule has 5 nitrogen and oxygen atoms in total. The fraction of sp³-hybridized carbons (Fsp3) is 0.562. The minimum atomic E-state index is 0.00585. The van der Waals surface area contributed by atoms with Gasteiger partial charge in [-0.25, -0.2) is 0 Å². The number of benzene rings is 1. The van der Waals surface area contributed by atoms with Gasteiger partial charge in [0.25, 0.3) is 0 Å². The summed E-state index contributed by atoms with van der Waals surface area (Å²) < 4.78 is 10.8. The standard InChI is InChI=1S/C16H24N2O3/c1-3-21-14-8-7-13(10-15(14)20-2)18-16(19)11-5-4-6-12(17)9-11/h7-8,10-12H,3-6,9,17H2,1-2H3,(H,18,19). The lowest BCUT2D eigenvalue weighted by molar-refractivity contribution is -0.120. The van der Waals surface area contributed by atoms with E-state index < -0.39 is 0 Å². The van der Waals surface area contributed by atoms with Gasteiger partial charge in [-0.2, -0.15) is 0 Å². The maximum atomic E-state index is 12.3. The van der Waals surface area contributed by atoms with Crippen LogP contribution in [0.25, 0.3) is 0 Å². The minimum absolute atomic E-state index is 0.00585. The van der Waals surface area contributed by atoms with E-state index in [-0.39, 0.29) is 17.9 Å². The summed E-state index contributed by atoms with van der Waals surface area (Å²) in [5.41, 5.74) is 6.66. The van der Waals surface area contributed by atoms with E-state index in [1.54, 1.807) is 13.2 Å². The zero-order valence-corrected chi connectivity index (χ0v) is 12.7. The molecule has 1 aromatic carbocycles. The van der Waals surface area contributed by atoms with Crippen molar-refractivity contribution in [2.75, 3.05) is 19.0 Å². The molecule has 1 fully saturated rings. The maximum Gasteiger partial charge on any atom is 0.227 e. The number of carbonyl (C=O) groups excluding carboxylic acids is 1. The van der Waals surface area contributed by atoms with Gasteiger partial charge in [0.15, 0.2) is 11.5 Å². The smallest absolute Gasteiger partial charge is 0.227 e. The maximum absolute atomic E-state index is 12.3. The Balaban J connectivity index is 2.03. The highest BCUT2D eigenvalue weighted by molar-refractivity contribution is 5.93. The number of hydrogen-bond donors (Lipinski definition) is 2. The predicted molar refractivity (Wildman–Crippen MR) is 82.7 cm³/mol. The van der Waals surface area contributed by atoms with E-state index in [0.29, 0.717) is 18.1 Å². The van der Waals surface area contributed by atoms with Gasteiger partial charge in [0.2, 0.25) is 5.91 Å². The molecule has 1 aliphatic rings. The van der Waals surface area contributed by atoms with Crippen LogP contribution in [0.5, 0.6) is 11.5 Å². The van der Waals surface area contributed by atoms with E-state index >= 15 is 0 Å². The Labute approximate surface area is 125 Å². The molecule has 3 N–H and O–H groups in total. The molecule has 0 radical (unpaired) electrons. The summed E-state index contributed by atoms with van der Waals surface area (Å²) in [4.78, 5) is 12.3. The number of rotatable bonds is 5. The molecule has 1 aliphatic carbocycles. The molecule has 1 amide bonds. The van der Waals surface area contributed by atoms with Gasteiger partial charge in [0.05, 0.1) is 13.7 Å². The molecule has 21 heavy (non-hydrogen) atoms. The first-order chi connectivity index (χ1) is 10.1. The van der Waals surface area contributed by atoms with Gasteiger partial charge in [-0.3, -0.25) is 4.79 Å². The second kappa shape index (κ2) is 7.31.